The molecule has 5 heteroatoms. The molecule has 0 saturated carbocycles. The topological polar surface area (TPSA) is 67.1 Å². The van der Waals surface area contributed by atoms with Crippen LogP contribution in [-0.4, -0.2) is 41.3 Å². The standard InChI is InChI=1S/C11H19N5/c1-8-7-16(2)6-5-9(8)13-11-4-3-10(12)14-15-11/h3-4,8-9H,5-7H2,1-2H3,(H2,12,14)(H,13,15). The lowest BCUT2D eigenvalue weighted by Gasteiger charge is -2.35. The Morgan fingerprint density at radius 1 is 1.44 bits per heavy atom. The first-order valence-electron chi connectivity index (χ1n) is 5.69. The van der Waals surface area contributed by atoms with E-state index in [2.05, 4.69) is 34.4 Å². The highest BCUT2D eigenvalue weighted by Crippen LogP contribution is 2.19. The maximum atomic E-state index is 5.50. The van der Waals surface area contributed by atoms with Crippen molar-refractivity contribution in [2.24, 2.45) is 5.92 Å². The summed E-state index contributed by atoms with van der Waals surface area (Å²) in [5.41, 5.74) is 5.50. The van der Waals surface area contributed by atoms with Gasteiger partial charge in [-0.3, -0.25) is 0 Å². The van der Waals surface area contributed by atoms with Crippen molar-refractivity contribution in [1.29, 1.82) is 0 Å². The van der Waals surface area contributed by atoms with Gasteiger partial charge in [0.15, 0.2) is 0 Å². The molecule has 0 bridgehead atoms. The lowest BCUT2D eigenvalue weighted by molar-refractivity contribution is 0.206. The first kappa shape index (κ1) is 11.1. The van der Waals surface area contributed by atoms with E-state index in [-0.39, 0.29) is 0 Å². The zero-order valence-electron chi connectivity index (χ0n) is 9.85. The molecule has 88 valence electrons. The van der Waals surface area contributed by atoms with E-state index in [1.165, 1.54) is 0 Å². The van der Waals surface area contributed by atoms with Crippen molar-refractivity contribution >= 4 is 11.6 Å². The van der Waals surface area contributed by atoms with Gasteiger partial charge in [0.2, 0.25) is 0 Å². The number of likely N-dealkylation sites (tertiary alicyclic amines) is 1. The average molecular weight is 221 g/mol. The minimum absolute atomic E-state index is 0.460. The minimum Gasteiger partial charge on any atom is -0.382 e. The lowest BCUT2D eigenvalue weighted by Crippen LogP contribution is -2.43. The van der Waals surface area contributed by atoms with Gasteiger partial charge in [-0.15, -0.1) is 10.2 Å². The van der Waals surface area contributed by atoms with Crippen LogP contribution in [0.1, 0.15) is 13.3 Å². The highest BCUT2D eigenvalue weighted by molar-refractivity contribution is 5.39. The van der Waals surface area contributed by atoms with Crippen molar-refractivity contribution in [3.8, 4) is 0 Å². The molecule has 0 radical (unpaired) electrons. The molecular weight excluding hydrogens is 202 g/mol. The maximum absolute atomic E-state index is 5.50. The number of nitrogen functional groups attached to an aromatic ring is 1. The highest BCUT2D eigenvalue weighted by atomic mass is 15.2. The molecule has 5 nitrogen and oxygen atoms in total. The van der Waals surface area contributed by atoms with E-state index in [0.29, 0.717) is 17.8 Å². The maximum Gasteiger partial charge on any atom is 0.149 e. The zero-order valence-corrected chi connectivity index (χ0v) is 9.85. The van der Waals surface area contributed by atoms with Crippen molar-refractivity contribution in [3.05, 3.63) is 12.1 Å². The first-order valence-corrected chi connectivity index (χ1v) is 5.69. The van der Waals surface area contributed by atoms with Crippen LogP contribution in [0, 0.1) is 5.92 Å². The molecule has 1 aliphatic heterocycles. The number of nitrogens with zero attached hydrogens (tertiary/aromatic N) is 3. The Balaban J connectivity index is 1.96. The lowest BCUT2D eigenvalue weighted by atomic mass is 9.94. The van der Waals surface area contributed by atoms with Crippen LogP contribution in [0.25, 0.3) is 0 Å². The Labute approximate surface area is 96.0 Å². The van der Waals surface area contributed by atoms with Crippen LogP contribution in [0.4, 0.5) is 11.6 Å². The van der Waals surface area contributed by atoms with Crippen LogP contribution in [-0.2, 0) is 0 Å². The van der Waals surface area contributed by atoms with E-state index in [9.17, 15) is 0 Å². The number of hydrogen-bond donors (Lipinski definition) is 2. The molecule has 1 aromatic rings. The van der Waals surface area contributed by atoms with Gasteiger partial charge in [-0.05, 0) is 38.1 Å². The molecule has 2 rings (SSSR count). The van der Waals surface area contributed by atoms with Gasteiger partial charge in [-0.1, -0.05) is 6.92 Å². The van der Waals surface area contributed by atoms with Crippen molar-refractivity contribution < 1.29 is 0 Å². The van der Waals surface area contributed by atoms with E-state index in [1.807, 2.05) is 6.07 Å². The van der Waals surface area contributed by atoms with Crippen molar-refractivity contribution in [1.82, 2.24) is 15.1 Å². The Kier molecular flexibility index (Phi) is 3.24. The molecular formula is C11H19N5. The predicted octanol–water partition coefficient (Wildman–Crippen LogP) is 0.811. The van der Waals surface area contributed by atoms with Crippen molar-refractivity contribution in [2.45, 2.75) is 19.4 Å². The molecule has 2 unspecified atom stereocenters. The largest absolute Gasteiger partial charge is 0.382 e. The molecule has 1 saturated heterocycles. The van der Waals surface area contributed by atoms with Gasteiger partial charge in [-0.2, -0.15) is 0 Å². The second kappa shape index (κ2) is 4.65. The van der Waals surface area contributed by atoms with Gasteiger partial charge in [0.1, 0.15) is 11.6 Å². The van der Waals surface area contributed by atoms with Crippen LogP contribution in [0.3, 0.4) is 0 Å². The summed E-state index contributed by atoms with van der Waals surface area (Å²) in [6.45, 7) is 4.52. The molecule has 1 aromatic heterocycles. The van der Waals surface area contributed by atoms with Gasteiger partial charge < -0.3 is 16.0 Å². The summed E-state index contributed by atoms with van der Waals surface area (Å²) in [7, 11) is 2.16. The van der Waals surface area contributed by atoms with Gasteiger partial charge >= 0.3 is 0 Å². The minimum atomic E-state index is 0.460. The fourth-order valence-electron chi connectivity index (χ4n) is 2.18. The normalized spacial score (nSPS) is 26.6. The second-order valence-corrected chi connectivity index (χ2v) is 4.62. The summed E-state index contributed by atoms with van der Waals surface area (Å²) >= 11 is 0. The number of hydrogen-bond acceptors (Lipinski definition) is 5. The van der Waals surface area contributed by atoms with Crippen molar-refractivity contribution in [2.75, 3.05) is 31.2 Å². The quantitative estimate of drug-likeness (QED) is 0.773. The SMILES string of the molecule is CC1CN(C)CCC1Nc1ccc(N)nn1. The first-order chi connectivity index (χ1) is 7.65. The smallest absolute Gasteiger partial charge is 0.149 e. The van der Waals surface area contributed by atoms with Crippen LogP contribution < -0.4 is 11.1 Å². The highest BCUT2D eigenvalue weighted by Gasteiger charge is 2.24. The van der Waals surface area contributed by atoms with E-state index < -0.39 is 0 Å². The summed E-state index contributed by atoms with van der Waals surface area (Å²) in [6.07, 6.45) is 1.14. The number of aromatic nitrogens is 2. The monoisotopic (exact) mass is 221 g/mol. The molecule has 0 aromatic carbocycles. The van der Waals surface area contributed by atoms with Crippen LogP contribution in [0.5, 0.6) is 0 Å². The number of nitrogens with two attached hydrogens (primary N) is 1. The molecule has 2 heterocycles. The Morgan fingerprint density at radius 2 is 2.25 bits per heavy atom. The molecule has 2 atom stereocenters. The van der Waals surface area contributed by atoms with Crippen LogP contribution in [0.15, 0.2) is 12.1 Å². The molecule has 0 aliphatic carbocycles. The summed E-state index contributed by atoms with van der Waals surface area (Å²) in [5.74, 6) is 1.90. The predicted molar refractivity (Wildman–Crippen MR) is 65.1 cm³/mol. The summed E-state index contributed by atoms with van der Waals surface area (Å²) in [5, 5.41) is 11.3. The second-order valence-electron chi connectivity index (χ2n) is 4.62. The van der Waals surface area contributed by atoms with Gasteiger partial charge in [0, 0.05) is 12.6 Å². The Hall–Kier alpha value is -1.36. The fourth-order valence-corrected chi connectivity index (χ4v) is 2.18. The Morgan fingerprint density at radius 3 is 2.88 bits per heavy atom. The molecule has 0 spiro atoms. The third kappa shape index (κ3) is 2.61. The summed E-state index contributed by atoms with van der Waals surface area (Å²) < 4.78 is 0. The molecule has 16 heavy (non-hydrogen) atoms. The van der Waals surface area contributed by atoms with E-state index in [1.54, 1.807) is 6.07 Å². The Bertz CT molecular complexity index is 337. The van der Waals surface area contributed by atoms with Gasteiger partial charge in [-0.25, -0.2) is 0 Å². The van der Waals surface area contributed by atoms with Crippen LogP contribution >= 0.6 is 0 Å². The van der Waals surface area contributed by atoms with Gasteiger partial charge in [0.25, 0.3) is 0 Å². The van der Waals surface area contributed by atoms with Crippen LogP contribution in [0.2, 0.25) is 0 Å². The summed E-state index contributed by atoms with van der Waals surface area (Å²) in [6, 6.07) is 4.14. The molecule has 0 amide bonds. The van der Waals surface area contributed by atoms with E-state index in [0.717, 1.165) is 25.3 Å². The summed E-state index contributed by atoms with van der Waals surface area (Å²) in [4.78, 5) is 2.36. The third-order valence-electron chi connectivity index (χ3n) is 3.13. The number of anilines is 2. The number of nitrogens with one attached hydrogen (secondary N) is 1. The average Bonchev–Trinajstić information content (AvgIpc) is 2.25. The van der Waals surface area contributed by atoms with Crippen molar-refractivity contribution in [3.63, 3.8) is 0 Å². The zero-order chi connectivity index (χ0) is 11.5. The molecule has 1 aliphatic rings. The number of rotatable bonds is 2. The third-order valence-corrected chi connectivity index (χ3v) is 3.13. The number of piperidine rings is 1. The fraction of sp³-hybridized carbons (Fsp3) is 0.636. The van der Waals surface area contributed by atoms with Gasteiger partial charge in [0.05, 0.1) is 0 Å². The molecule has 3 N–H and O–H groups in total. The van der Waals surface area contributed by atoms with E-state index in [4.69, 9.17) is 5.73 Å². The molecule has 1 fully saturated rings. The van der Waals surface area contributed by atoms with E-state index >= 15 is 0 Å².